The second-order valence-corrected chi connectivity index (χ2v) is 6.02. The highest BCUT2D eigenvalue weighted by molar-refractivity contribution is 5.77. The van der Waals surface area contributed by atoms with Crippen LogP contribution in [0.1, 0.15) is 49.7 Å². The van der Waals surface area contributed by atoms with Crippen molar-refractivity contribution in [2.45, 2.75) is 57.2 Å². The molecule has 0 saturated heterocycles. The van der Waals surface area contributed by atoms with E-state index in [0.29, 0.717) is 13.0 Å². The van der Waals surface area contributed by atoms with Gasteiger partial charge in [-0.1, -0.05) is 43.5 Å². The lowest BCUT2D eigenvalue weighted by Crippen LogP contribution is -2.48. The summed E-state index contributed by atoms with van der Waals surface area (Å²) in [7, 11) is 1.96. The van der Waals surface area contributed by atoms with Gasteiger partial charge in [-0.3, -0.25) is 4.79 Å². The molecule has 0 unspecified atom stereocenters. The molecule has 4 nitrogen and oxygen atoms in total. The number of amides is 1. The van der Waals surface area contributed by atoms with E-state index in [0.717, 1.165) is 24.0 Å². The number of aliphatic hydroxyl groups is 1. The zero-order valence-electron chi connectivity index (χ0n) is 12.8. The second kappa shape index (κ2) is 7.57. The van der Waals surface area contributed by atoms with E-state index in [2.05, 4.69) is 10.6 Å². The Bertz CT molecular complexity index is 450. The second-order valence-electron chi connectivity index (χ2n) is 6.02. The molecule has 3 N–H and O–H groups in total. The number of carbonyl (C=O) groups is 1. The summed E-state index contributed by atoms with van der Waals surface area (Å²) in [5.74, 6) is 0.109. The first kappa shape index (κ1) is 16.0. The summed E-state index contributed by atoms with van der Waals surface area (Å²) >= 11 is 0. The summed E-state index contributed by atoms with van der Waals surface area (Å²) in [6.07, 6.45) is 6.41. The van der Waals surface area contributed by atoms with E-state index in [9.17, 15) is 4.79 Å². The third-order valence-electron chi connectivity index (χ3n) is 4.54. The lowest BCUT2D eigenvalue weighted by atomic mass is 9.79. The van der Waals surface area contributed by atoms with E-state index < -0.39 is 0 Å². The maximum Gasteiger partial charge on any atom is 0.222 e. The summed E-state index contributed by atoms with van der Waals surface area (Å²) in [4.78, 5) is 12.2. The van der Waals surface area contributed by atoms with Gasteiger partial charge in [0.05, 0.1) is 6.61 Å². The molecule has 0 aromatic heterocycles. The van der Waals surface area contributed by atoms with Gasteiger partial charge in [0.25, 0.3) is 0 Å². The largest absolute Gasteiger partial charge is 0.392 e. The molecule has 0 heterocycles. The van der Waals surface area contributed by atoms with Gasteiger partial charge in [0.2, 0.25) is 5.91 Å². The van der Waals surface area contributed by atoms with Crippen LogP contribution in [0.5, 0.6) is 0 Å². The van der Waals surface area contributed by atoms with Crippen molar-refractivity contribution in [3.63, 3.8) is 0 Å². The van der Waals surface area contributed by atoms with Gasteiger partial charge in [0, 0.05) is 18.5 Å². The monoisotopic (exact) mass is 290 g/mol. The molecule has 0 aliphatic heterocycles. The van der Waals surface area contributed by atoms with E-state index in [1.807, 2.05) is 31.3 Å². The minimum absolute atomic E-state index is 0.0108. The van der Waals surface area contributed by atoms with Crippen LogP contribution >= 0.6 is 0 Å². The minimum atomic E-state index is -0.0108. The van der Waals surface area contributed by atoms with Gasteiger partial charge in [-0.25, -0.2) is 0 Å². The third kappa shape index (κ3) is 4.55. The predicted molar refractivity (Wildman–Crippen MR) is 83.7 cm³/mol. The van der Waals surface area contributed by atoms with E-state index in [1.165, 1.54) is 19.3 Å². The topological polar surface area (TPSA) is 61.4 Å². The molecule has 0 spiro atoms. The van der Waals surface area contributed by atoms with Gasteiger partial charge in [0.1, 0.15) is 0 Å². The van der Waals surface area contributed by atoms with Crippen molar-refractivity contribution >= 4 is 5.91 Å². The molecule has 1 amide bonds. The normalized spacial score (nSPS) is 17.4. The van der Waals surface area contributed by atoms with Crippen molar-refractivity contribution in [1.82, 2.24) is 10.6 Å². The Morgan fingerprint density at radius 3 is 2.33 bits per heavy atom. The first-order valence-electron chi connectivity index (χ1n) is 7.82. The van der Waals surface area contributed by atoms with Crippen molar-refractivity contribution in [2.75, 3.05) is 7.05 Å². The first-order chi connectivity index (χ1) is 10.2. The van der Waals surface area contributed by atoms with Crippen molar-refractivity contribution < 1.29 is 9.90 Å². The summed E-state index contributed by atoms with van der Waals surface area (Å²) < 4.78 is 0. The molecule has 21 heavy (non-hydrogen) atoms. The molecule has 4 heteroatoms. The highest BCUT2D eigenvalue weighted by atomic mass is 16.3. The van der Waals surface area contributed by atoms with E-state index in [1.54, 1.807) is 0 Å². The van der Waals surface area contributed by atoms with Crippen LogP contribution in [0.3, 0.4) is 0 Å². The molecular formula is C17H26N2O2. The van der Waals surface area contributed by atoms with Crippen molar-refractivity contribution in [1.29, 1.82) is 0 Å². The van der Waals surface area contributed by atoms with Crippen LogP contribution in [0.15, 0.2) is 24.3 Å². The highest BCUT2D eigenvalue weighted by Crippen LogP contribution is 2.30. The fourth-order valence-electron chi connectivity index (χ4n) is 3.08. The van der Waals surface area contributed by atoms with Crippen LogP contribution < -0.4 is 10.6 Å². The summed E-state index contributed by atoms with van der Waals surface area (Å²) in [6, 6.07) is 7.66. The van der Waals surface area contributed by atoms with Crippen LogP contribution in [0.4, 0.5) is 0 Å². The van der Waals surface area contributed by atoms with Crippen LogP contribution in [0.2, 0.25) is 0 Å². The third-order valence-corrected chi connectivity index (χ3v) is 4.54. The molecule has 0 bridgehead atoms. The summed E-state index contributed by atoms with van der Waals surface area (Å²) in [6.45, 7) is 0.599. The Balaban J connectivity index is 1.83. The van der Waals surface area contributed by atoms with E-state index >= 15 is 0 Å². The van der Waals surface area contributed by atoms with Crippen molar-refractivity contribution in [3.05, 3.63) is 35.4 Å². The molecule has 0 radical (unpaired) electrons. The van der Waals surface area contributed by atoms with Gasteiger partial charge < -0.3 is 15.7 Å². The van der Waals surface area contributed by atoms with Gasteiger partial charge in [-0.05, 0) is 31.0 Å². The highest BCUT2D eigenvalue weighted by Gasteiger charge is 2.32. The average molecular weight is 290 g/mol. The lowest BCUT2D eigenvalue weighted by molar-refractivity contribution is -0.123. The summed E-state index contributed by atoms with van der Waals surface area (Å²) in [5, 5.41) is 15.4. The molecule has 0 atom stereocenters. The lowest BCUT2D eigenvalue weighted by Gasteiger charge is -2.36. The number of aliphatic hydroxyl groups excluding tert-OH is 1. The van der Waals surface area contributed by atoms with E-state index in [-0.39, 0.29) is 18.1 Å². The Hall–Kier alpha value is -1.39. The molecule has 116 valence electrons. The molecular weight excluding hydrogens is 264 g/mol. The molecule has 2 rings (SSSR count). The fraction of sp³-hybridized carbons (Fsp3) is 0.588. The zero-order valence-corrected chi connectivity index (χ0v) is 12.8. The number of rotatable bonds is 6. The number of benzene rings is 1. The number of carbonyl (C=O) groups excluding carboxylic acids is 1. The van der Waals surface area contributed by atoms with Gasteiger partial charge in [-0.2, -0.15) is 0 Å². The Labute approximate surface area is 126 Å². The smallest absolute Gasteiger partial charge is 0.222 e. The quantitative estimate of drug-likeness (QED) is 0.752. The maximum absolute atomic E-state index is 12.2. The summed E-state index contributed by atoms with van der Waals surface area (Å²) in [5.41, 5.74) is 1.94. The molecule has 1 fully saturated rings. The average Bonchev–Trinajstić information content (AvgIpc) is 2.54. The maximum atomic E-state index is 12.2. The van der Waals surface area contributed by atoms with Crippen LogP contribution in [0, 0.1) is 0 Å². The molecule has 1 saturated carbocycles. The standard InChI is InChI=1S/C17H26N2O2/c1-18-17(9-3-2-4-10-17)11-16(21)19-12-14-5-7-15(13-20)8-6-14/h5-8,18,20H,2-4,9-13H2,1H3,(H,19,21). The van der Waals surface area contributed by atoms with Gasteiger partial charge in [0.15, 0.2) is 0 Å². The predicted octanol–water partition coefficient (Wildman–Crippen LogP) is 2.11. The van der Waals surface area contributed by atoms with Crippen LogP contribution in [-0.4, -0.2) is 23.6 Å². The van der Waals surface area contributed by atoms with Crippen molar-refractivity contribution in [3.8, 4) is 0 Å². The molecule has 1 aliphatic carbocycles. The van der Waals surface area contributed by atoms with Gasteiger partial charge >= 0.3 is 0 Å². The molecule has 1 aliphatic rings. The zero-order chi connectivity index (χ0) is 15.1. The Morgan fingerprint density at radius 1 is 1.14 bits per heavy atom. The Morgan fingerprint density at radius 2 is 1.76 bits per heavy atom. The number of nitrogens with one attached hydrogen (secondary N) is 2. The van der Waals surface area contributed by atoms with Crippen LogP contribution in [-0.2, 0) is 17.9 Å². The first-order valence-corrected chi connectivity index (χ1v) is 7.82. The SMILES string of the molecule is CNC1(CC(=O)NCc2ccc(CO)cc2)CCCCC1. The number of hydrogen-bond acceptors (Lipinski definition) is 3. The Kier molecular flexibility index (Phi) is 5.76. The van der Waals surface area contributed by atoms with Gasteiger partial charge in [-0.15, -0.1) is 0 Å². The minimum Gasteiger partial charge on any atom is -0.392 e. The van der Waals surface area contributed by atoms with E-state index in [4.69, 9.17) is 5.11 Å². The van der Waals surface area contributed by atoms with Crippen molar-refractivity contribution in [2.24, 2.45) is 0 Å². The molecule has 1 aromatic rings. The van der Waals surface area contributed by atoms with Crippen LogP contribution in [0.25, 0.3) is 0 Å². The fourth-order valence-corrected chi connectivity index (χ4v) is 3.08. The number of hydrogen-bond donors (Lipinski definition) is 3. The molecule has 1 aromatic carbocycles.